The van der Waals surface area contributed by atoms with E-state index in [9.17, 15) is 9.18 Å². The lowest BCUT2D eigenvalue weighted by Gasteiger charge is -2.23. The molecule has 1 aliphatic rings. The van der Waals surface area contributed by atoms with E-state index in [1.165, 1.54) is 25.0 Å². The van der Waals surface area contributed by atoms with Crippen molar-refractivity contribution in [2.45, 2.75) is 32.1 Å². The summed E-state index contributed by atoms with van der Waals surface area (Å²) >= 11 is 0. The number of rotatable bonds is 5. The molecular weight excluding hydrogens is 255 g/mol. The number of halogens is 1. The van der Waals surface area contributed by atoms with E-state index in [0.717, 1.165) is 25.1 Å². The fourth-order valence-corrected chi connectivity index (χ4v) is 2.65. The van der Waals surface area contributed by atoms with Crippen LogP contribution in [0.25, 0.3) is 0 Å². The van der Waals surface area contributed by atoms with E-state index in [0.29, 0.717) is 12.5 Å². The summed E-state index contributed by atoms with van der Waals surface area (Å²) in [7, 11) is 0. The number of hydrogen-bond donors (Lipinski definition) is 2. The Bertz CT molecular complexity index is 444. The second kappa shape index (κ2) is 7.39. The molecule has 1 aliphatic heterocycles. The Labute approximate surface area is 120 Å². The summed E-state index contributed by atoms with van der Waals surface area (Å²) < 4.78 is 13.1. The molecule has 1 saturated heterocycles. The van der Waals surface area contributed by atoms with Crippen LogP contribution in [0, 0.1) is 11.7 Å². The van der Waals surface area contributed by atoms with Crippen LogP contribution < -0.4 is 10.6 Å². The van der Waals surface area contributed by atoms with E-state index in [1.807, 2.05) is 6.92 Å². The normalized spacial score (nSPS) is 20.4. The van der Waals surface area contributed by atoms with Crippen molar-refractivity contribution in [3.05, 3.63) is 35.6 Å². The Morgan fingerprint density at radius 3 is 3.10 bits per heavy atom. The molecule has 2 atom stereocenters. The van der Waals surface area contributed by atoms with Gasteiger partial charge in [0.05, 0.1) is 5.92 Å². The van der Waals surface area contributed by atoms with E-state index in [2.05, 4.69) is 10.6 Å². The molecule has 20 heavy (non-hydrogen) atoms. The summed E-state index contributed by atoms with van der Waals surface area (Å²) in [6.07, 6.45) is 3.47. The van der Waals surface area contributed by atoms with Gasteiger partial charge in [0, 0.05) is 6.54 Å². The molecule has 0 spiro atoms. The van der Waals surface area contributed by atoms with E-state index < -0.39 is 0 Å². The fourth-order valence-electron chi connectivity index (χ4n) is 2.65. The Balaban J connectivity index is 1.76. The van der Waals surface area contributed by atoms with Crippen molar-refractivity contribution in [2.75, 3.05) is 19.6 Å². The third-order valence-corrected chi connectivity index (χ3v) is 3.99. The number of benzene rings is 1. The smallest absolute Gasteiger partial charge is 0.227 e. The van der Waals surface area contributed by atoms with Crippen LogP contribution in [0.4, 0.5) is 4.39 Å². The minimum absolute atomic E-state index is 0.0284. The molecule has 110 valence electrons. The maximum atomic E-state index is 13.1. The van der Waals surface area contributed by atoms with Gasteiger partial charge in [-0.25, -0.2) is 4.39 Å². The Morgan fingerprint density at radius 2 is 2.40 bits per heavy atom. The van der Waals surface area contributed by atoms with Crippen LogP contribution in [0.3, 0.4) is 0 Å². The number of piperidine rings is 1. The minimum atomic E-state index is -0.310. The predicted octanol–water partition coefficient (Wildman–Crippen LogP) is 2.44. The molecule has 0 aromatic heterocycles. The Kier molecular flexibility index (Phi) is 5.53. The second-order valence-electron chi connectivity index (χ2n) is 5.57. The van der Waals surface area contributed by atoms with Gasteiger partial charge >= 0.3 is 0 Å². The third-order valence-electron chi connectivity index (χ3n) is 3.99. The van der Waals surface area contributed by atoms with Crippen molar-refractivity contribution < 1.29 is 9.18 Å². The van der Waals surface area contributed by atoms with E-state index in [1.54, 1.807) is 12.1 Å². The first-order valence-corrected chi connectivity index (χ1v) is 7.40. The SMILES string of the molecule is CC(C(=O)NCCC1CCCNC1)c1cccc(F)c1. The summed E-state index contributed by atoms with van der Waals surface area (Å²) in [5.41, 5.74) is 0.724. The molecule has 2 unspecified atom stereocenters. The summed E-state index contributed by atoms with van der Waals surface area (Å²) in [6.45, 7) is 4.67. The molecule has 4 heteroatoms. The maximum absolute atomic E-state index is 13.1. The molecule has 2 N–H and O–H groups in total. The fraction of sp³-hybridized carbons (Fsp3) is 0.562. The summed E-state index contributed by atoms with van der Waals surface area (Å²) in [4.78, 5) is 12.0. The van der Waals surface area contributed by atoms with Gasteiger partial charge in [0.1, 0.15) is 5.82 Å². The Morgan fingerprint density at radius 1 is 1.55 bits per heavy atom. The van der Waals surface area contributed by atoms with Crippen molar-refractivity contribution >= 4 is 5.91 Å². The van der Waals surface area contributed by atoms with Gasteiger partial charge in [0.15, 0.2) is 0 Å². The van der Waals surface area contributed by atoms with Crippen molar-refractivity contribution in [1.29, 1.82) is 0 Å². The quantitative estimate of drug-likeness (QED) is 0.868. The molecule has 1 aromatic rings. The second-order valence-corrected chi connectivity index (χ2v) is 5.57. The number of hydrogen-bond acceptors (Lipinski definition) is 2. The third kappa shape index (κ3) is 4.30. The van der Waals surface area contributed by atoms with Crippen molar-refractivity contribution in [2.24, 2.45) is 5.92 Å². The van der Waals surface area contributed by atoms with E-state index in [-0.39, 0.29) is 17.6 Å². The van der Waals surface area contributed by atoms with Gasteiger partial charge in [-0.3, -0.25) is 4.79 Å². The molecule has 3 nitrogen and oxygen atoms in total. The monoisotopic (exact) mass is 278 g/mol. The van der Waals surface area contributed by atoms with Gasteiger partial charge in [-0.2, -0.15) is 0 Å². The first-order chi connectivity index (χ1) is 9.66. The van der Waals surface area contributed by atoms with Gasteiger partial charge in [0.25, 0.3) is 0 Å². The van der Waals surface area contributed by atoms with Gasteiger partial charge in [0.2, 0.25) is 5.91 Å². The van der Waals surface area contributed by atoms with Crippen LogP contribution in [-0.4, -0.2) is 25.5 Å². The number of carbonyl (C=O) groups excluding carboxylic acids is 1. The lowest BCUT2D eigenvalue weighted by molar-refractivity contribution is -0.122. The number of carbonyl (C=O) groups is 1. The molecule has 0 aliphatic carbocycles. The molecule has 0 radical (unpaired) electrons. The van der Waals surface area contributed by atoms with Crippen molar-refractivity contribution in [1.82, 2.24) is 10.6 Å². The van der Waals surface area contributed by atoms with Crippen molar-refractivity contribution in [3.63, 3.8) is 0 Å². The van der Waals surface area contributed by atoms with E-state index in [4.69, 9.17) is 0 Å². The average Bonchev–Trinajstić information content (AvgIpc) is 2.47. The molecule has 2 rings (SSSR count). The Hall–Kier alpha value is -1.42. The zero-order valence-corrected chi connectivity index (χ0v) is 12.0. The highest BCUT2D eigenvalue weighted by molar-refractivity contribution is 5.83. The lowest BCUT2D eigenvalue weighted by Crippen LogP contribution is -2.34. The standard InChI is InChI=1S/C16H23FN2O/c1-12(14-5-2-6-15(17)10-14)16(20)19-9-7-13-4-3-8-18-11-13/h2,5-6,10,12-13,18H,3-4,7-9,11H2,1H3,(H,19,20). The zero-order chi connectivity index (χ0) is 14.4. The van der Waals surface area contributed by atoms with Crippen LogP contribution in [-0.2, 0) is 4.79 Å². The number of nitrogens with one attached hydrogen (secondary N) is 2. The van der Waals surface area contributed by atoms with Crippen LogP contribution in [0.1, 0.15) is 37.7 Å². The highest BCUT2D eigenvalue weighted by Crippen LogP contribution is 2.17. The van der Waals surface area contributed by atoms with E-state index >= 15 is 0 Å². The van der Waals surface area contributed by atoms with Crippen LogP contribution >= 0.6 is 0 Å². The molecule has 1 heterocycles. The first-order valence-electron chi connectivity index (χ1n) is 7.40. The molecule has 1 fully saturated rings. The van der Waals surface area contributed by atoms with Crippen LogP contribution in [0.15, 0.2) is 24.3 Å². The molecule has 1 amide bonds. The summed E-state index contributed by atoms with van der Waals surface area (Å²) in [5, 5.41) is 6.33. The highest BCUT2D eigenvalue weighted by Gasteiger charge is 2.17. The molecule has 0 saturated carbocycles. The van der Waals surface area contributed by atoms with Gasteiger partial charge < -0.3 is 10.6 Å². The predicted molar refractivity (Wildman–Crippen MR) is 78.0 cm³/mol. The maximum Gasteiger partial charge on any atom is 0.227 e. The van der Waals surface area contributed by atoms with Gasteiger partial charge in [-0.1, -0.05) is 12.1 Å². The van der Waals surface area contributed by atoms with Crippen molar-refractivity contribution in [3.8, 4) is 0 Å². The topological polar surface area (TPSA) is 41.1 Å². The molecule has 0 bridgehead atoms. The van der Waals surface area contributed by atoms with Gasteiger partial charge in [-0.15, -0.1) is 0 Å². The number of amides is 1. The largest absolute Gasteiger partial charge is 0.356 e. The molecule has 1 aromatic carbocycles. The zero-order valence-electron chi connectivity index (χ0n) is 12.0. The summed E-state index contributed by atoms with van der Waals surface area (Å²) in [5.74, 6) is 0.0264. The molecular formula is C16H23FN2O. The highest BCUT2D eigenvalue weighted by atomic mass is 19.1. The summed E-state index contributed by atoms with van der Waals surface area (Å²) in [6, 6.07) is 6.25. The van der Waals surface area contributed by atoms with Crippen LogP contribution in [0.2, 0.25) is 0 Å². The van der Waals surface area contributed by atoms with Crippen LogP contribution in [0.5, 0.6) is 0 Å². The first kappa shape index (κ1) is 15.0. The minimum Gasteiger partial charge on any atom is -0.356 e. The van der Waals surface area contributed by atoms with Gasteiger partial charge in [-0.05, 0) is 62.9 Å². The average molecular weight is 278 g/mol. The lowest BCUT2D eigenvalue weighted by atomic mass is 9.96.